The van der Waals surface area contributed by atoms with Gasteiger partial charge in [-0.25, -0.2) is 0 Å². The van der Waals surface area contributed by atoms with Gasteiger partial charge >= 0.3 is 0 Å². The van der Waals surface area contributed by atoms with Gasteiger partial charge in [0, 0.05) is 38.6 Å². The van der Waals surface area contributed by atoms with E-state index in [0.29, 0.717) is 6.54 Å². The molecular weight excluding hydrogens is 278 g/mol. The number of carbonyl (C=O) groups excluding carboxylic acids is 1. The van der Waals surface area contributed by atoms with Crippen LogP contribution < -0.4 is 0 Å². The Bertz CT molecular complexity index is 452. The number of ether oxygens (including phenoxy) is 1. The van der Waals surface area contributed by atoms with E-state index in [1.54, 1.807) is 12.4 Å². The summed E-state index contributed by atoms with van der Waals surface area (Å²) in [5.41, 5.74) is 1.17. The van der Waals surface area contributed by atoms with Crippen molar-refractivity contribution in [1.82, 2.24) is 14.8 Å². The summed E-state index contributed by atoms with van der Waals surface area (Å²) in [6.07, 6.45) is 6.91. The van der Waals surface area contributed by atoms with Crippen LogP contribution in [0.2, 0.25) is 0 Å². The van der Waals surface area contributed by atoms with Gasteiger partial charge in [0.05, 0.1) is 12.6 Å². The normalized spacial score (nSPS) is 18.7. The first kappa shape index (κ1) is 16.9. The van der Waals surface area contributed by atoms with Crippen LogP contribution in [0.5, 0.6) is 0 Å². The van der Waals surface area contributed by atoms with E-state index in [4.69, 9.17) is 4.74 Å². The van der Waals surface area contributed by atoms with Gasteiger partial charge in [-0.2, -0.15) is 0 Å². The summed E-state index contributed by atoms with van der Waals surface area (Å²) < 4.78 is 5.80. The molecule has 1 aliphatic rings. The maximum Gasteiger partial charge on any atom is 0.236 e. The Hall–Kier alpha value is -1.46. The van der Waals surface area contributed by atoms with Crippen LogP contribution in [0.1, 0.15) is 31.7 Å². The summed E-state index contributed by atoms with van der Waals surface area (Å²) >= 11 is 0. The summed E-state index contributed by atoms with van der Waals surface area (Å²) in [5.74, 6) is 0.196. The minimum absolute atomic E-state index is 0.196. The number of likely N-dealkylation sites (tertiary alicyclic amines) is 1. The van der Waals surface area contributed by atoms with E-state index in [0.717, 1.165) is 45.5 Å². The van der Waals surface area contributed by atoms with Gasteiger partial charge in [0.1, 0.15) is 0 Å². The number of amides is 1. The van der Waals surface area contributed by atoms with Crippen LogP contribution in [0.4, 0.5) is 0 Å². The maximum absolute atomic E-state index is 12.4. The van der Waals surface area contributed by atoms with E-state index >= 15 is 0 Å². The van der Waals surface area contributed by atoms with E-state index in [2.05, 4.69) is 11.9 Å². The molecule has 0 aromatic carbocycles. The van der Waals surface area contributed by atoms with Crippen LogP contribution in [0.15, 0.2) is 24.5 Å². The lowest BCUT2D eigenvalue weighted by molar-refractivity contribution is -0.136. The highest BCUT2D eigenvalue weighted by Crippen LogP contribution is 2.14. The lowest BCUT2D eigenvalue weighted by Gasteiger charge is -2.33. The number of piperidine rings is 1. The van der Waals surface area contributed by atoms with Crippen LogP contribution in [0.25, 0.3) is 0 Å². The van der Waals surface area contributed by atoms with Crippen molar-refractivity contribution >= 4 is 5.91 Å². The third-order valence-electron chi connectivity index (χ3n) is 3.90. The molecule has 0 N–H and O–H groups in total. The van der Waals surface area contributed by atoms with E-state index in [1.807, 2.05) is 29.0 Å². The van der Waals surface area contributed by atoms with Gasteiger partial charge in [0.2, 0.25) is 5.91 Å². The number of hydrogen-bond donors (Lipinski definition) is 0. The number of hydrogen-bond acceptors (Lipinski definition) is 4. The average Bonchev–Trinajstić information content (AvgIpc) is 2.54. The number of pyridine rings is 1. The molecule has 1 fully saturated rings. The Morgan fingerprint density at radius 1 is 1.45 bits per heavy atom. The van der Waals surface area contributed by atoms with Crippen LogP contribution in [0, 0.1) is 0 Å². The van der Waals surface area contributed by atoms with Gasteiger partial charge in [-0.15, -0.1) is 0 Å². The molecule has 1 aromatic rings. The largest absolute Gasteiger partial charge is 0.376 e. The fourth-order valence-electron chi connectivity index (χ4n) is 2.77. The van der Waals surface area contributed by atoms with E-state index in [1.165, 1.54) is 5.56 Å². The van der Waals surface area contributed by atoms with Crippen molar-refractivity contribution in [2.24, 2.45) is 0 Å². The molecule has 1 amide bonds. The molecule has 1 aliphatic heterocycles. The zero-order valence-corrected chi connectivity index (χ0v) is 13.7. The van der Waals surface area contributed by atoms with Crippen LogP contribution >= 0.6 is 0 Å². The van der Waals surface area contributed by atoms with Crippen LogP contribution in [-0.4, -0.2) is 60.1 Å². The molecule has 0 bridgehead atoms. The average molecular weight is 305 g/mol. The summed E-state index contributed by atoms with van der Waals surface area (Å²) in [6.45, 7) is 5.70. The minimum atomic E-state index is 0.196. The predicted molar refractivity (Wildman–Crippen MR) is 86.4 cm³/mol. The van der Waals surface area contributed by atoms with E-state index in [-0.39, 0.29) is 12.0 Å². The standard InChI is InChI=1S/C17H27N3O2/c1-3-11-22-16-5-4-10-20(13-16)17(21)14-19(2)12-15-6-8-18-9-7-15/h6-9,16H,3-5,10-14H2,1-2H3. The Morgan fingerprint density at radius 2 is 2.23 bits per heavy atom. The quantitative estimate of drug-likeness (QED) is 0.772. The van der Waals surface area contributed by atoms with Gasteiger partial charge in [-0.05, 0) is 44.0 Å². The summed E-state index contributed by atoms with van der Waals surface area (Å²) in [6, 6.07) is 3.97. The molecule has 122 valence electrons. The fourth-order valence-corrected chi connectivity index (χ4v) is 2.77. The maximum atomic E-state index is 12.4. The van der Waals surface area contributed by atoms with Gasteiger partial charge < -0.3 is 9.64 Å². The highest BCUT2D eigenvalue weighted by molar-refractivity contribution is 5.78. The van der Waals surface area contributed by atoms with Crippen molar-refractivity contribution in [3.05, 3.63) is 30.1 Å². The number of aromatic nitrogens is 1. The predicted octanol–water partition coefficient (Wildman–Crippen LogP) is 1.93. The zero-order valence-electron chi connectivity index (χ0n) is 13.7. The van der Waals surface area contributed by atoms with Crippen molar-refractivity contribution < 1.29 is 9.53 Å². The first-order chi connectivity index (χ1) is 10.7. The van der Waals surface area contributed by atoms with Crippen LogP contribution in [0.3, 0.4) is 0 Å². The highest BCUT2D eigenvalue weighted by atomic mass is 16.5. The Morgan fingerprint density at radius 3 is 2.95 bits per heavy atom. The molecular formula is C17H27N3O2. The summed E-state index contributed by atoms with van der Waals surface area (Å²) in [7, 11) is 1.98. The molecule has 5 nitrogen and oxygen atoms in total. The highest BCUT2D eigenvalue weighted by Gasteiger charge is 2.24. The van der Waals surface area contributed by atoms with Crippen molar-refractivity contribution in [2.45, 2.75) is 38.8 Å². The molecule has 1 aromatic heterocycles. The molecule has 0 spiro atoms. The first-order valence-corrected chi connectivity index (χ1v) is 8.16. The molecule has 1 unspecified atom stereocenters. The fraction of sp³-hybridized carbons (Fsp3) is 0.647. The second-order valence-electron chi connectivity index (χ2n) is 6.00. The summed E-state index contributed by atoms with van der Waals surface area (Å²) in [4.78, 5) is 20.4. The SMILES string of the molecule is CCCOC1CCCN(C(=O)CN(C)Cc2ccncc2)C1. The Labute approximate surface area is 133 Å². The van der Waals surface area contributed by atoms with Crippen molar-refractivity contribution in [3.63, 3.8) is 0 Å². The second-order valence-corrected chi connectivity index (χ2v) is 6.00. The summed E-state index contributed by atoms with van der Waals surface area (Å²) in [5, 5.41) is 0. The van der Waals surface area contributed by atoms with Gasteiger partial charge in [0.25, 0.3) is 0 Å². The molecule has 0 saturated carbocycles. The zero-order chi connectivity index (χ0) is 15.8. The number of likely N-dealkylation sites (N-methyl/N-ethyl adjacent to an activating group) is 1. The van der Waals surface area contributed by atoms with Crippen molar-refractivity contribution in [1.29, 1.82) is 0 Å². The second kappa shape index (κ2) is 8.86. The molecule has 5 heteroatoms. The molecule has 0 radical (unpaired) electrons. The van der Waals surface area contributed by atoms with Crippen molar-refractivity contribution in [2.75, 3.05) is 33.3 Å². The topological polar surface area (TPSA) is 45.7 Å². The minimum Gasteiger partial charge on any atom is -0.376 e. The van der Waals surface area contributed by atoms with Crippen molar-refractivity contribution in [3.8, 4) is 0 Å². The number of carbonyl (C=O) groups is 1. The third kappa shape index (κ3) is 5.39. The molecule has 1 atom stereocenters. The lowest BCUT2D eigenvalue weighted by Crippen LogP contribution is -2.46. The number of rotatable bonds is 7. The third-order valence-corrected chi connectivity index (χ3v) is 3.90. The molecule has 2 rings (SSSR count). The van der Waals surface area contributed by atoms with Gasteiger partial charge in [0.15, 0.2) is 0 Å². The molecule has 2 heterocycles. The molecule has 0 aliphatic carbocycles. The molecule has 22 heavy (non-hydrogen) atoms. The first-order valence-electron chi connectivity index (χ1n) is 8.16. The number of nitrogens with zero attached hydrogens (tertiary/aromatic N) is 3. The monoisotopic (exact) mass is 305 g/mol. The Kier molecular flexibility index (Phi) is 6.80. The van der Waals surface area contributed by atoms with E-state index in [9.17, 15) is 4.79 Å². The Balaban J connectivity index is 1.78. The molecule has 1 saturated heterocycles. The van der Waals surface area contributed by atoms with Crippen LogP contribution in [-0.2, 0) is 16.1 Å². The van der Waals surface area contributed by atoms with Gasteiger partial charge in [-0.3, -0.25) is 14.7 Å². The smallest absolute Gasteiger partial charge is 0.236 e. The van der Waals surface area contributed by atoms with E-state index < -0.39 is 0 Å². The lowest BCUT2D eigenvalue weighted by atomic mass is 10.1. The van der Waals surface area contributed by atoms with Gasteiger partial charge in [-0.1, -0.05) is 6.92 Å².